The monoisotopic (exact) mass is 358 g/mol. The van der Waals surface area contributed by atoms with Gasteiger partial charge in [-0.25, -0.2) is 8.78 Å². The van der Waals surface area contributed by atoms with Gasteiger partial charge in [-0.3, -0.25) is 9.59 Å². The van der Waals surface area contributed by atoms with Crippen LogP contribution in [0.25, 0.3) is 0 Å². The second-order valence-electron chi connectivity index (χ2n) is 4.46. The van der Waals surface area contributed by atoms with Crippen LogP contribution >= 0.6 is 23.2 Å². The van der Waals surface area contributed by atoms with Crippen LogP contribution in [-0.4, -0.2) is 18.4 Å². The molecule has 0 saturated heterocycles. The van der Waals surface area contributed by atoms with E-state index in [1.807, 2.05) is 0 Å². The van der Waals surface area contributed by atoms with E-state index in [9.17, 15) is 18.4 Å². The molecule has 0 radical (unpaired) electrons. The van der Waals surface area contributed by atoms with E-state index in [1.54, 1.807) is 18.2 Å². The Balaban J connectivity index is 1.96. The minimum absolute atomic E-state index is 0.104. The molecule has 0 bridgehead atoms. The zero-order valence-electron chi connectivity index (χ0n) is 11.5. The van der Waals surface area contributed by atoms with E-state index in [4.69, 9.17) is 23.2 Å². The molecule has 0 aromatic heterocycles. The lowest BCUT2D eigenvalue weighted by molar-refractivity contribution is -0.115. The third-order valence-electron chi connectivity index (χ3n) is 2.82. The number of carbonyl (C=O) groups excluding carboxylic acids is 2. The van der Waals surface area contributed by atoms with Crippen LogP contribution in [-0.2, 0) is 4.79 Å². The SMILES string of the molecule is O=C(CNC(=O)c1ccc(F)c(F)c1)Nc1c(Cl)cccc1Cl. The predicted octanol–water partition coefficient (Wildman–Crippen LogP) is 3.64. The van der Waals surface area contributed by atoms with Crippen molar-refractivity contribution in [3.63, 3.8) is 0 Å². The van der Waals surface area contributed by atoms with Gasteiger partial charge in [0.1, 0.15) is 0 Å². The maximum atomic E-state index is 13.1. The number of anilines is 1. The lowest BCUT2D eigenvalue weighted by Gasteiger charge is -2.10. The Hall–Kier alpha value is -2.18. The van der Waals surface area contributed by atoms with Gasteiger partial charge in [-0.05, 0) is 30.3 Å². The molecule has 4 nitrogen and oxygen atoms in total. The highest BCUT2D eigenvalue weighted by molar-refractivity contribution is 6.39. The van der Waals surface area contributed by atoms with E-state index >= 15 is 0 Å². The first-order valence-electron chi connectivity index (χ1n) is 6.35. The molecule has 2 amide bonds. The van der Waals surface area contributed by atoms with Gasteiger partial charge in [-0.2, -0.15) is 0 Å². The molecular formula is C15H10Cl2F2N2O2. The van der Waals surface area contributed by atoms with E-state index < -0.39 is 23.4 Å². The molecule has 23 heavy (non-hydrogen) atoms. The Bertz CT molecular complexity index is 749. The molecule has 2 N–H and O–H groups in total. The van der Waals surface area contributed by atoms with Crippen LogP contribution in [0.3, 0.4) is 0 Å². The molecule has 0 aliphatic heterocycles. The van der Waals surface area contributed by atoms with Crippen LogP contribution in [0, 0.1) is 11.6 Å². The summed E-state index contributed by atoms with van der Waals surface area (Å²) in [6.07, 6.45) is 0. The summed E-state index contributed by atoms with van der Waals surface area (Å²) < 4.78 is 25.8. The highest BCUT2D eigenvalue weighted by atomic mass is 35.5. The van der Waals surface area contributed by atoms with Gasteiger partial charge in [0.05, 0.1) is 22.3 Å². The van der Waals surface area contributed by atoms with Crippen molar-refractivity contribution in [3.05, 3.63) is 63.6 Å². The Labute approximate surface area is 140 Å². The average Bonchev–Trinajstić information content (AvgIpc) is 2.51. The van der Waals surface area contributed by atoms with E-state index in [-0.39, 0.29) is 27.8 Å². The Kier molecular flexibility index (Phi) is 5.52. The standard InChI is InChI=1S/C15H10Cl2F2N2O2/c16-9-2-1-3-10(17)14(9)21-13(22)7-20-15(23)8-4-5-11(18)12(19)6-8/h1-6H,7H2,(H,20,23)(H,21,22). The lowest BCUT2D eigenvalue weighted by atomic mass is 10.2. The Morgan fingerprint density at radius 2 is 1.65 bits per heavy atom. The van der Waals surface area contributed by atoms with E-state index in [0.717, 1.165) is 18.2 Å². The van der Waals surface area contributed by atoms with Crippen LogP contribution in [0.5, 0.6) is 0 Å². The molecule has 2 aromatic carbocycles. The first-order chi connectivity index (χ1) is 10.9. The van der Waals surface area contributed by atoms with Crippen LogP contribution < -0.4 is 10.6 Å². The maximum Gasteiger partial charge on any atom is 0.251 e. The van der Waals surface area contributed by atoms with Crippen LogP contribution in [0.1, 0.15) is 10.4 Å². The van der Waals surface area contributed by atoms with Crippen LogP contribution in [0.4, 0.5) is 14.5 Å². The van der Waals surface area contributed by atoms with Gasteiger partial charge in [0, 0.05) is 5.56 Å². The fourth-order valence-electron chi connectivity index (χ4n) is 1.70. The van der Waals surface area contributed by atoms with Crippen LogP contribution in [0.2, 0.25) is 10.0 Å². The number of carbonyl (C=O) groups is 2. The van der Waals surface area contributed by atoms with Crippen molar-refractivity contribution in [1.82, 2.24) is 5.32 Å². The van der Waals surface area contributed by atoms with E-state index in [2.05, 4.69) is 10.6 Å². The summed E-state index contributed by atoms with van der Waals surface area (Å²) in [4.78, 5) is 23.6. The molecule has 2 rings (SSSR count). The zero-order valence-corrected chi connectivity index (χ0v) is 13.0. The Morgan fingerprint density at radius 3 is 2.26 bits per heavy atom. The minimum Gasteiger partial charge on any atom is -0.343 e. The molecule has 0 aliphatic carbocycles. The number of hydrogen-bond acceptors (Lipinski definition) is 2. The number of nitrogens with one attached hydrogen (secondary N) is 2. The lowest BCUT2D eigenvalue weighted by Crippen LogP contribution is -2.33. The molecule has 8 heteroatoms. The first kappa shape index (κ1) is 17.2. The summed E-state index contributed by atoms with van der Waals surface area (Å²) in [5, 5.41) is 5.23. The van der Waals surface area contributed by atoms with Crippen molar-refractivity contribution in [1.29, 1.82) is 0 Å². The number of para-hydroxylation sites is 1. The van der Waals surface area contributed by atoms with Crippen molar-refractivity contribution < 1.29 is 18.4 Å². The van der Waals surface area contributed by atoms with Gasteiger partial charge < -0.3 is 10.6 Å². The number of rotatable bonds is 4. The second-order valence-corrected chi connectivity index (χ2v) is 5.27. The van der Waals surface area contributed by atoms with Gasteiger partial charge in [0.2, 0.25) is 5.91 Å². The minimum atomic E-state index is -1.15. The summed E-state index contributed by atoms with van der Waals surface area (Å²) in [6, 6.07) is 7.38. The smallest absolute Gasteiger partial charge is 0.251 e. The summed E-state index contributed by atoms with van der Waals surface area (Å²) in [6.45, 7) is -0.390. The molecular weight excluding hydrogens is 349 g/mol. The number of benzene rings is 2. The highest BCUT2D eigenvalue weighted by Crippen LogP contribution is 2.29. The molecule has 0 unspecified atom stereocenters. The summed E-state index contributed by atoms with van der Waals surface area (Å²) in [5.41, 5.74) is 0.121. The van der Waals surface area contributed by atoms with Gasteiger partial charge in [-0.1, -0.05) is 29.3 Å². The molecule has 0 heterocycles. The van der Waals surface area contributed by atoms with Crippen LogP contribution in [0.15, 0.2) is 36.4 Å². The number of amides is 2. The summed E-state index contributed by atoms with van der Waals surface area (Å²) in [5.74, 6) is -3.50. The fourth-order valence-corrected chi connectivity index (χ4v) is 2.19. The fraction of sp³-hybridized carbons (Fsp3) is 0.0667. The number of halogens is 4. The largest absolute Gasteiger partial charge is 0.343 e. The molecule has 0 spiro atoms. The molecule has 0 aliphatic rings. The van der Waals surface area contributed by atoms with Crippen molar-refractivity contribution in [2.75, 3.05) is 11.9 Å². The quantitative estimate of drug-likeness (QED) is 0.876. The van der Waals surface area contributed by atoms with Crippen molar-refractivity contribution in [2.45, 2.75) is 0 Å². The molecule has 120 valence electrons. The average molecular weight is 359 g/mol. The van der Waals surface area contributed by atoms with E-state index in [0.29, 0.717) is 0 Å². The Morgan fingerprint density at radius 1 is 1.00 bits per heavy atom. The second kappa shape index (κ2) is 7.39. The van der Waals surface area contributed by atoms with Gasteiger partial charge in [-0.15, -0.1) is 0 Å². The predicted molar refractivity (Wildman–Crippen MR) is 83.8 cm³/mol. The molecule has 0 saturated carbocycles. The molecule has 0 fully saturated rings. The van der Waals surface area contributed by atoms with Crippen molar-refractivity contribution in [2.24, 2.45) is 0 Å². The first-order valence-corrected chi connectivity index (χ1v) is 7.11. The van der Waals surface area contributed by atoms with Crippen molar-refractivity contribution >= 4 is 40.7 Å². The highest BCUT2D eigenvalue weighted by Gasteiger charge is 2.13. The van der Waals surface area contributed by atoms with Gasteiger partial charge in [0.15, 0.2) is 11.6 Å². The topological polar surface area (TPSA) is 58.2 Å². The number of hydrogen-bond donors (Lipinski definition) is 2. The zero-order chi connectivity index (χ0) is 17.0. The molecule has 0 atom stereocenters. The molecule has 2 aromatic rings. The van der Waals surface area contributed by atoms with Crippen molar-refractivity contribution in [3.8, 4) is 0 Å². The summed E-state index contributed by atoms with van der Waals surface area (Å²) >= 11 is 11.8. The van der Waals surface area contributed by atoms with Gasteiger partial charge in [0.25, 0.3) is 5.91 Å². The van der Waals surface area contributed by atoms with E-state index in [1.165, 1.54) is 0 Å². The third kappa shape index (κ3) is 4.40. The normalized spacial score (nSPS) is 10.3. The van der Waals surface area contributed by atoms with Gasteiger partial charge >= 0.3 is 0 Å². The third-order valence-corrected chi connectivity index (χ3v) is 3.45. The maximum absolute atomic E-state index is 13.1. The summed E-state index contributed by atoms with van der Waals surface area (Å²) in [7, 11) is 0.